The van der Waals surface area contributed by atoms with Crippen LogP contribution in [0.1, 0.15) is 0 Å². The Kier molecular flexibility index (Phi) is 2.88. The lowest BCUT2D eigenvalue weighted by molar-refractivity contribution is 1.45. The van der Waals surface area contributed by atoms with Crippen molar-refractivity contribution >= 4 is 75.6 Å². The maximum atomic E-state index is 6.61. The predicted octanol–water partition coefficient (Wildman–Crippen LogP) is 7.56. The summed E-state index contributed by atoms with van der Waals surface area (Å²) in [5.41, 5.74) is 0.946. The molecule has 122 valence electrons. The first-order chi connectivity index (χ1) is 12.8. The van der Waals surface area contributed by atoms with E-state index in [1.807, 2.05) is 12.1 Å². The Bertz CT molecular complexity index is 1500. The Hall–Kier alpha value is -2.68. The summed E-state index contributed by atoms with van der Waals surface area (Å²) < 4.78 is 2.36. The summed E-state index contributed by atoms with van der Waals surface area (Å²) in [6, 6.07) is 25.6. The van der Waals surface area contributed by atoms with Crippen LogP contribution in [0.15, 0.2) is 72.8 Å². The summed E-state index contributed by atoms with van der Waals surface area (Å²) in [7, 11) is 0. The van der Waals surface area contributed by atoms with E-state index in [4.69, 9.17) is 11.6 Å². The van der Waals surface area contributed by atoms with E-state index in [9.17, 15) is 0 Å². The quantitative estimate of drug-likeness (QED) is 0.199. The van der Waals surface area contributed by atoms with Gasteiger partial charge in [-0.15, -0.1) is 11.3 Å². The van der Waals surface area contributed by atoms with E-state index in [0.29, 0.717) is 5.15 Å². The third-order valence-electron chi connectivity index (χ3n) is 5.15. The second-order valence-corrected chi connectivity index (χ2v) is 7.90. The van der Waals surface area contributed by atoms with Gasteiger partial charge in [0.25, 0.3) is 0 Å². The highest BCUT2D eigenvalue weighted by atomic mass is 35.5. The highest BCUT2D eigenvalue weighted by molar-refractivity contribution is 7.27. The molecule has 6 rings (SSSR count). The van der Waals surface area contributed by atoms with E-state index >= 15 is 0 Å². The average molecular weight is 370 g/mol. The molecule has 0 unspecified atom stereocenters. The molecule has 0 saturated carbocycles. The van der Waals surface area contributed by atoms with Crippen molar-refractivity contribution in [2.75, 3.05) is 0 Å². The minimum absolute atomic E-state index is 0.591. The minimum atomic E-state index is 0.591. The van der Waals surface area contributed by atoms with Crippen LogP contribution >= 0.6 is 22.9 Å². The van der Waals surface area contributed by atoms with E-state index in [1.54, 1.807) is 11.3 Å². The minimum Gasteiger partial charge on any atom is -0.235 e. The van der Waals surface area contributed by atoms with Gasteiger partial charge in [0.1, 0.15) is 5.15 Å². The number of para-hydroxylation sites is 1. The molecule has 26 heavy (non-hydrogen) atoms. The van der Waals surface area contributed by atoms with Crippen molar-refractivity contribution in [3.8, 4) is 0 Å². The van der Waals surface area contributed by atoms with Gasteiger partial charge in [-0.05, 0) is 22.2 Å². The first-order valence-corrected chi connectivity index (χ1v) is 9.72. The summed E-state index contributed by atoms with van der Waals surface area (Å²) >= 11 is 8.36. The molecule has 0 bridgehead atoms. The molecule has 6 aromatic rings. The number of thiophene rings is 1. The number of hydrogen-bond acceptors (Lipinski definition) is 2. The van der Waals surface area contributed by atoms with Crippen molar-refractivity contribution in [2.45, 2.75) is 0 Å². The van der Waals surface area contributed by atoms with Crippen LogP contribution in [0.5, 0.6) is 0 Å². The average Bonchev–Trinajstić information content (AvgIpc) is 3.10. The Labute approximate surface area is 158 Å². The highest BCUT2D eigenvalue weighted by Crippen LogP contribution is 2.47. The molecule has 0 amide bonds. The lowest BCUT2D eigenvalue weighted by Crippen LogP contribution is -1.83. The summed E-state index contributed by atoms with van der Waals surface area (Å²) in [4.78, 5) is 4.64. The van der Waals surface area contributed by atoms with Gasteiger partial charge in [0, 0.05) is 26.2 Å². The number of pyridine rings is 1. The Morgan fingerprint density at radius 2 is 1.12 bits per heavy atom. The Balaban J connectivity index is 2.07. The molecule has 0 saturated heterocycles. The van der Waals surface area contributed by atoms with Crippen LogP contribution in [-0.4, -0.2) is 4.98 Å². The van der Waals surface area contributed by atoms with Crippen molar-refractivity contribution < 1.29 is 0 Å². The standard InChI is InChI=1S/C23H12ClNS/c24-23-22-20(17-11-5-6-12-18(17)25-23)19-15-9-3-1-7-13(15)14-8-2-4-10-16(14)21(19)26-22/h1-12H. The fourth-order valence-corrected chi connectivity index (χ4v) is 5.62. The zero-order chi connectivity index (χ0) is 17.3. The molecule has 0 aliphatic heterocycles. The summed E-state index contributed by atoms with van der Waals surface area (Å²) in [6.45, 7) is 0. The number of benzene rings is 4. The molecule has 2 aromatic heterocycles. The first-order valence-electron chi connectivity index (χ1n) is 8.53. The zero-order valence-electron chi connectivity index (χ0n) is 13.7. The van der Waals surface area contributed by atoms with E-state index in [0.717, 1.165) is 10.2 Å². The third kappa shape index (κ3) is 1.78. The van der Waals surface area contributed by atoms with Crippen LogP contribution < -0.4 is 0 Å². The van der Waals surface area contributed by atoms with Gasteiger partial charge < -0.3 is 0 Å². The second kappa shape index (κ2) is 5.16. The second-order valence-electron chi connectivity index (χ2n) is 6.52. The van der Waals surface area contributed by atoms with Crippen molar-refractivity contribution in [3.63, 3.8) is 0 Å². The molecule has 0 aliphatic carbocycles. The molecule has 3 heteroatoms. The number of fused-ring (bicyclic) bond motifs is 10. The lowest BCUT2D eigenvalue weighted by Gasteiger charge is -2.08. The van der Waals surface area contributed by atoms with Crippen molar-refractivity contribution in [2.24, 2.45) is 0 Å². The largest absolute Gasteiger partial charge is 0.235 e. The van der Waals surface area contributed by atoms with Gasteiger partial charge in [0.2, 0.25) is 0 Å². The molecule has 0 spiro atoms. The maximum absolute atomic E-state index is 6.61. The molecular formula is C23H12ClNS. The molecule has 0 fully saturated rings. The van der Waals surface area contributed by atoms with Crippen LogP contribution in [0.2, 0.25) is 5.15 Å². The molecular weight excluding hydrogens is 358 g/mol. The van der Waals surface area contributed by atoms with Crippen LogP contribution in [0.3, 0.4) is 0 Å². The van der Waals surface area contributed by atoms with E-state index in [2.05, 4.69) is 65.6 Å². The van der Waals surface area contributed by atoms with Crippen LogP contribution in [0, 0.1) is 0 Å². The van der Waals surface area contributed by atoms with Crippen LogP contribution in [0.4, 0.5) is 0 Å². The predicted molar refractivity (Wildman–Crippen MR) is 115 cm³/mol. The number of hydrogen-bond donors (Lipinski definition) is 0. The van der Waals surface area contributed by atoms with Gasteiger partial charge in [0.15, 0.2) is 0 Å². The van der Waals surface area contributed by atoms with Gasteiger partial charge in [-0.2, -0.15) is 0 Å². The maximum Gasteiger partial charge on any atom is 0.147 e. The van der Waals surface area contributed by atoms with E-state index < -0.39 is 0 Å². The highest BCUT2D eigenvalue weighted by Gasteiger charge is 2.18. The van der Waals surface area contributed by atoms with Gasteiger partial charge in [-0.1, -0.05) is 78.3 Å². The van der Waals surface area contributed by atoms with Crippen molar-refractivity contribution in [1.82, 2.24) is 4.98 Å². The summed E-state index contributed by atoms with van der Waals surface area (Å²) in [5.74, 6) is 0. The number of rotatable bonds is 0. The van der Waals surface area contributed by atoms with E-state index in [1.165, 1.54) is 42.4 Å². The van der Waals surface area contributed by atoms with Crippen molar-refractivity contribution in [3.05, 3.63) is 77.9 Å². The van der Waals surface area contributed by atoms with Crippen LogP contribution in [0.25, 0.3) is 52.6 Å². The zero-order valence-corrected chi connectivity index (χ0v) is 15.2. The Morgan fingerprint density at radius 1 is 0.577 bits per heavy atom. The molecule has 0 atom stereocenters. The fraction of sp³-hybridized carbons (Fsp3) is 0. The summed E-state index contributed by atoms with van der Waals surface area (Å²) in [5, 5.41) is 9.40. The normalized spacial score (nSPS) is 12.0. The first kappa shape index (κ1) is 14.5. The number of halogens is 1. The lowest BCUT2D eigenvalue weighted by atomic mass is 9.96. The molecule has 1 nitrogen and oxygen atoms in total. The smallest absolute Gasteiger partial charge is 0.147 e. The SMILES string of the molecule is Clc1nc2ccccc2c2c1sc1c3ccccc3c3ccccc3c12. The third-order valence-corrected chi connectivity index (χ3v) is 6.76. The molecule has 0 aliphatic rings. The van der Waals surface area contributed by atoms with E-state index in [-0.39, 0.29) is 0 Å². The van der Waals surface area contributed by atoms with Gasteiger partial charge in [-0.25, -0.2) is 4.98 Å². The fourth-order valence-electron chi connectivity index (χ4n) is 4.07. The van der Waals surface area contributed by atoms with Gasteiger partial charge >= 0.3 is 0 Å². The molecule has 2 heterocycles. The van der Waals surface area contributed by atoms with Gasteiger partial charge in [-0.3, -0.25) is 0 Å². The van der Waals surface area contributed by atoms with Crippen LogP contribution in [-0.2, 0) is 0 Å². The Morgan fingerprint density at radius 3 is 1.88 bits per heavy atom. The van der Waals surface area contributed by atoms with Gasteiger partial charge in [0.05, 0.1) is 10.2 Å². The molecule has 4 aromatic carbocycles. The monoisotopic (exact) mass is 369 g/mol. The number of aromatic nitrogens is 1. The number of nitrogens with zero attached hydrogens (tertiary/aromatic N) is 1. The topological polar surface area (TPSA) is 12.9 Å². The molecule has 0 radical (unpaired) electrons. The van der Waals surface area contributed by atoms with Crippen molar-refractivity contribution in [1.29, 1.82) is 0 Å². The summed E-state index contributed by atoms with van der Waals surface area (Å²) in [6.07, 6.45) is 0. The molecule has 0 N–H and O–H groups in total.